The molecule has 0 aromatic rings. The van der Waals surface area contributed by atoms with Gasteiger partial charge in [-0.15, -0.1) is 0 Å². The maximum Gasteiger partial charge on any atom is 0.509 e. The molecular formula is C25H40O15. The van der Waals surface area contributed by atoms with Gasteiger partial charge in [0.1, 0.15) is 13.2 Å². The van der Waals surface area contributed by atoms with Crippen molar-refractivity contribution in [3.63, 3.8) is 0 Å². The number of hydrogen-bond acceptors (Lipinski definition) is 15. The molecule has 0 amide bonds. The molecule has 0 saturated carbocycles. The lowest BCUT2D eigenvalue weighted by atomic mass is 10.2. The summed E-state index contributed by atoms with van der Waals surface area (Å²) in [5.41, 5.74) is 0. The van der Waals surface area contributed by atoms with Crippen molar-refractivity contribution in [2.75, 3.05) is 52.9 Å². The van der Waals surface area contributed by atoms with E-state index in [0.717, 1.165) is 39.0 Å². The van der Waals surface area contributed by atoms with Crippen molar-refractivity contribution in [2.45, 2.75) is 71.5 Å². The second-order valence-corrected chi connectivity index (χ2v) is 8.19. The lowest BCUT2D eigenvalue weighted by molar-refractivity contribution is -0.176. The van der Waals surface area contributed by atoms with Crippen LogP contribution < -0.4 is 0 Å². The zero-order valence-corrected chi connectivity index (χ0v) is 23.2. The Morgan fingerprint density at radius 3 is 1.85 bits per heavy atom. The predicted molar refractivity (Wildman–Crippen MR) is 133 cm³/mol. The molecule has 0 bridgehead atoms. The fourth-order valence-corrected chi connectivity index (χ4v) is 2.54. The summed E-state index contributed by atoms with van der Waals surface area (Å²) in [4.78, 5) is 70.0. The first-order chi connectivity index (χ1) is 19.1. The van der Waals surface area contributed by atoms with E-state index < -0.39 is 61.4 Å². The minimum atomic E-state index is -1.45. The van der Waals surface area contributed by atoms with Crippen LogP contribution in [0, 0.1) is 0 Å². The van der Waals surface area contributed by atoms with Crippen LogP contribution in [0.4, 0.5) is 4.79 Å². The quantitative estimate of drug-likeness (QED) is 0.108. The lowest BCUT2D eigenvalue weighted by Crippen LogP contribution is -2.34. The first kappa shape index (κ1) is 36.5. The molecule has 0 spiro atoms. The predicted octanol–water partition coefficient (Wildman–Crippen LogP) is 1.00. The average Bonchev–Trinajstić information content (AvgIpc) is 2.92. The van der Waals surface area contributed by atoms with Crippen LogP contribution in [-0.2, 0) is 61.9 Å². The van der Waals surface area contributed by atoms with E-state index in [9.17, 15) is 28.8 Å². The standard InChI is InChI=1S/C25H40O15/c1-4-5-6-7-8-11-34-20(27)15-33-13-14-35-21(28)16-37-22(29)17-38-23(30)18(2)39-24(31)19(3)40-25(32)36-12-9-10-26/h18-19,26H,4-17H2,1-3H3. The molecule has 0 saturated heterocycles. The van der Waals surface area contributed by atoms with Crippen molar-refractivity contribution in [1.82, 2.24) is 0 Å². The maximum atomic E-state index is 11.9. The molecular weight excluding hydrogens is 540 g/mol. The monoisotopic (exact) mass is 580 g/mol. The minimum Gasteiger partial charge on any atom is -0.464 e. The topological polar surface area (TPSA) is 196 Å². The average molecular weight is 581 g/mol. The largest absolute Gasteiger partial charge is 0.509 e. The van der Waals surface area contributed by atoms with Crippen LogP contribution in [0.25, 0.3) is 0 Å². The van der Waals surface area contributed by atoms with Crippen LogP contribution in [-0.4, -0.2) is 106 Å². The number of hydrogen-bond donors (Lipinski definition) is 1. The Kier molecular flexibility index (Phi) is 21.4. The second kappa shape index (κ2) is 23.4. The summed E-state index contributed by atoms with van der Waals surface area (Å²) < 4.78 is 38.1. The van der Waals surface area contributed by atoms with E-state index in [2.05, 4.69) is 25.9 Å². The van der Waals surface area contributed by atoms with Gasteiger partial charge in [-0.3, -0.25) is 0 Å². The highest BCUT2D eigenvalue weighted by atomic mass is 16.7. The highest BCUT2D eigenvalue weighted by Gasteiger charge is 2.26. The molecule has 2 unspecified atom stereocenters. The summed E-state index contributed by atoms with van der Waals surface area (Å²) in [5.74, 6) is -4.67. The van der Waals surface area contributed by atoms with Gasteiger partial charge >= 0.3 is 36.0 Å². The molecule has 15 nitrogen and oxygen atoms in total. The molecule has 0 heterocycles. The molecule has 230 valence electrons. The zero-order valence-electron chi connectivity index (χ0n) is 23.2. The number of esters is 5. The summed E-state index contributed by atoms with van der Waals surface area (Å²) in [6.07, 6.45) is 1.32. The normalized spacial score (nSPS) is 11.9. The molecule has 0 rings (SSSR count). The molecule has 0 fully saturated rings. The van der Waals surface area contributed by atoms with E-state index in [1.807, 2.05) is 0 Å². The third-order valence-electron chi connectivity index (χ3n) is 4.66. The molecule has 0 radical (unpaired) electrons. The Labute approximate surface area is 232 Å². The Morgan fingerprint density at radius 2 is 1.15 bits per heavy atom. The fourth-order valence-electron chi connectivity index (χ4n) is 2.54. The summed E-state index contributed by atoms with van der Waals surface area (Å²) in [6.45, 7) is 2.28. The van der Waals surface area contributed by atoms with Gasteiger partial charge in [0.15, 0.2) is 25.4 Å². The third kappa shape index (κ3) is 20.5. The van der Waals surface area contributed by atoms with Gasteiger partial charge in [0.05, 0.1) is 19.8 Å². The molecule has 0 aromatic carbocycles. The molecule has 0 aliphatic carbocycles. The Bertz CT molecular complexity index is 782. The third-order valence-corrected chi connectivity index (χ3v) is 4.66. The molecule has 0 aromatic heterocycles. The van der Waals surface area contributed by atoms with Crippen molar-refractivity contribution >= 4 is 36.0 Å². The van der Waals surface area contributed by atoms with E-state index in [1.54, 1.807) is 0 Å². The maximum absolute atomic E-state index is 11.9. The first-order valence-corrected chi connectivity index (χ1v) is 13.0. The van der Waals surface area contributed by atoms with Crippen LogP contribution >= 0.6 is 0 Å². The van der Waals surface area contributed by atoms with Crippen LogP contribution in [0.5, 0.6) is 0 Å². The Morgan fingerprint density at radius 1 is 0.575 bits per heavy atom. The number of aliphatic hydroxyl groups excluding tert-OH is 1. The van der Waals surface area contributed by atoms with Gasteiger partial charge in [0, 0.05) is 13.0 Å². The molecule has 2 atom stereocenters. The van der Waals surface area contributed by atoms with E-state index >= 15 is 0 Å². The van der Waals surface area contributed by atoms with Crippen molar-refractivity contribution in [1.29, 1.82) is 0 Å². The number of unbranched alkanes of at least 4 members (excludes halogenated alkanes) is 4. The van der Waals surface area contributed by atoms with Gasteiger partial charge in [-0.2, -0.15) is 0 Å². The minimum absolute atomic E-state index is 0.0753. The van der Waals surface area contributed by atoms with E-state index in [4.69, 9.17) is 24.1 Å². The van der Waals surface area contributed by atoms with Gasteiger partial charge in [-0.05, 0) is 20.3 Å². The van der Waals surface area contributed by atoms with E-state index in [0.29, 0.717) is 6.61 Å². The second-order valence-electron chi connectivity index (χ2n) is 8.19. The highest BCUT2D eigenvalue weighted by Crippen LogP contribution is 2.04. The summed E-state index contributed by atoms with van der Waals surface area (Å²) in [6, 6.07) is 0. The highest BCUT2D eigenvalue weighted by molar-refractivity contribution is 5.83. The van der Waals surface area contributed by atoms with Crippen molar-refractivity contribution in [3.05, 3.63) is 0 Å². The van der Waals surface area contributed by atoms with Crippen molar-refractivity contribution in [3.8, 4) is 0 Å². The van der Waals surface area contributed by atoms with Crippen LogP contribution in [0.2, 0.25) is 0 Å². The summed E-state index contributed by atoms with van der Waals surface area (Å²) in [7, 11) is 0. The van der Waals surface area contributed by atoms with Gasteiger partial charge in [0.2, 0.25) is 0 Å². The SMILES string of the molecule is CCCCCCCOC(=O)COCCOC(=O)COC(=O)COC(=O)C(C)OC(=O)C(C)OC(=O)OCCCO. The van der Waals surface area contributed by atoms with Crippen molar-refractivity contribution < 1.29 is 71.8 Å². The number of ether oxygens (including phenoxy) is 8. The first-order valence-electron chi connectivity index (χ1n) is 13.0. The molecule has 15 heteroatoms. The van der Waals surface area contributed by atoms with Gasteiger partial charge in [-0.25, -0.2) is 28.8 Å². The smallest absolute Gasteiger partial charge is 0.464 e. The van der Waals surface area contributed by atoms with E-state index in [-0.39, 0.29) is 39.5 Å². The molecule has 40 heavy (non-hydrogen) atoms. The van der Waals surface area contributed by atoms with Crippen LogP contribution in [0.1, 0.15) is 59.3 Å². The summed E-state index contributed by atoms with van der Waals surface area (Å²) >= 11 is 0. The molecule has 0 aliphatic heterocycles. The number of carbonyl (C=O) groups excluding carboxylic acids is 6. The van der Waals surface area contributed by atoms with Crippen LogP contribution in [0.3, 0.4) is 0 Å². The number of rotatable bonds is 22. The van der Waals surface area contributed by atoms with Crippen molar-refractivity contribution in [2.24, 2.45) is 0 Å². The summed E-state index contributed by atoms with van der Waals surface area (Å²) in [5, 5.41) is 8.62. The zero-order chi connectivity index (χ0) is 30.2. The van der Waals surface area contributed by atoms with Gasteiger partial charge < -0.3 is 43.0 Å². The molecule has 1 N–H and O–H groups in total. The van der Waals surface area contributed by atoms with Gasteiger partial charge in [0.25, 0.3) is 0 Å². The number of carbonyl (C=O) groups is 6. The van der Waals surface area contributed by atoms with E-state index in [1.165, 1.54) is 6.92 Å². The Hall–Kier alpha value is -3.46. The fraction of sp³-hybridized carbons (Fsp3) is 0.760. The lowest BCUT2D eigenvalue weighted by Gasteiger charge is -2.16. The van der Waals surface area contributed by atoms with Crippen LogP contribution in [0.15, 0.2) is 0 Å². The molecule has 0 aliphatic rings. The van der Waals surface area contributed by atoms with Gasteiger partial charge in [-0.1, -0.05) is 32.6 Å². The Balaban J connectivity index is 3.94. The number of aliphatic hydroxyl groups is 1.